The number of hydrogen-bond donors (Lipinski definition) is 1. The van der Waals surface area contributed by atoms with Gasteiger partial charge >= 0.3 is 12.0 Å². The zero-order chi connectivity index (χ0) is 20.7. The van der Waals surface area contributed by atoms with Crippen LogP contribution in [0.15, 0.2) is 48.2 Å². The minimum atomic E-state index is -0.634. The first-order valence-corrected chi connectivity index (χ1v) is 9.20. The molecule has 0 radical (unpaired) electrons. The fourth-order valence-corrected chi connectivity index (χ4v) is 3.13. The molecule has 7 nitrogen and oxygen atoms in total. The minimum Gasteiger partial charge on any atom is -0.490 e. The van der Waals surface area contributed by atoms with Crippen molar-refractivity contribution in [3.05, 3.63) is 53.8 Å². The highest BCUT2D eigenvalue weighted by Crippen LogP contribution is 2.33. The molecule has 0 bridgehead atoms. The van der Waals surface area contributed by atoms with E-state index in [0.717, 1.165) is 5.56 Å². The highest BCUT2D eigenvalue weighted by Gasteiger charge is 2.37. The van der Waals surface area contributed by atoms with Crippen molar-refractivity contribution in [2.24, 2.45) is 0 Å². The number of amides is 2. The van der Waals surface area contributed by atoms with Gasteiger partial charge in [0.15, 0.2) is 0 Å². The van der Waals surface area contributed by atoms with Crippen LogP contribution in [0.4, 0.5) is 4.79 Å². The normalized spacial score (nSPS) is 16.8. The molecule has 0 saturated heterocycles. The fourth-order valence-electron chi connectivity index (χ4n) is 3.13. The third kappa shape index (κ3) is 4.92. The van der Waals surface area contributed by atoms with Crippen molar-refractivity contribution in [1.29, 1.82) is 0 Å². The molecule has 0 saturated carbocycles. The molecule has 1 aliphatic rings. The van der Waals surface area contributed by atoms with Crippen LogP contribution in [0, 0.1) is 0 Å². The van der Waals surface area contributed by atoms with Gasteiger partial charge < -0.3 is 19.5 Å². The lowest BCUT2D eigenvalue weighted by Gasteiger charge is -2.37. The van der Waals surface area contributed by atoms with Crippen molar-refractivity contribution in [2.45, 2.75) is 32.9 Å². The monoisotopic (exact) mass is 388 g/mol. The molecule has 1 heterocycles. The first-order chi connectivity index (χ1) is 13.4. The number of urea groups is 1. The summed E-state index contributed by atoms with van der Waals surface area (Å²) < 4.78 is 15.9. The number of hydrogen-bond acceptors (Lipinski definition) is 5. The summed E-state index contributed by atoms with van der Waals surface area (Å²) in [6.07, 6.45) is 1.65. The smallest absolute Gasteiger partial charge is 0.338 e. The quantitative estimate of drug-likeness (QED) is 0.399. The van der Waals surface area contributed by atoms with Crippen LogP contribution in [0.2, 0.25) is 0 Å². The zero-order valence-electron chi connectivity index (χ0n) is 16.9. The van der Waals surface area contributed by atoms with Crippen LogP contribution < -0.4 is 10.1 Å². The van der Waals surface area contributed by atoms with Crippen LogP contribution >= 0.6 is 0 Å². The summed E-state index contributed by atoms with van der Waals surface area (Å²) in [7, 11) is 1.54. The number of allylic oxidation sites excluding steroid dienone is 1. The number of benzene rings is 1. The van der Waals surface area contributed by atoms with Gasteiger partial charge in [-0.2, -0.15) is 0 Å². The molecule has 28 heavy (non-hydrogen) atoms. The summed E-state index contributed by atoms with van der Waals surface area (Å²) in [6, 6.07) is 6.27. The summed E-state index contributed by atoms with van der Waals surface area (Å²) in [6.45, 7) is 9.98. The molecule has 2 amide bonds. The Bertz CT molecular complexity index is 757. The summed E-state index contributed by atoms with van der Waals surface area (Å²) >= 11 is 0. The molecule has 152 valence electrons. The predicted molar refractivity (Wildman–Crippen MR) is 106 cm³/mol. The number of esters is 1. The molecule has 2 rings (SSSR count). The maximum atomic E-state index is 12.8. The van der Waals surface area contributed by atoms with E-state index in [0.29, 0.717) is 30.2 Å². The number of methoxy groups -OCH3 is 1. The van der Waals surface area contributed by atoms with Gasteiger partial charge in [-0.15, -0.1) is 0 Å². The second kappa shape index (κ2) is 9.94. The lowest BCUT2D eigenvalue weighted by molar-refractivity contribution is -0.140. The van der Waals surface area contributed by atoms with Crippen LogP contribution in [0.5, 0.6) is 5.75 Å². The topological polar surface area (TPSA) is 77.1 Å². The van der Waals surface area contributed by atoms with Crippen LogP contribution in [0.25, 0.3) is 0 Å². The maximum absolute atomic E-state index is 12.8. The third-order valence-electron chi connectivity index (χ3n) is 4.34. The lowest BCUT2D eigenvalue weighted by Crippen LogP contribution is -2.50. The Morgan fingerprint density at radius 3 is 2.75 bits per heavy atom. The molecular formula is C21H28N2O5. The van der Waals surface area contributed by atoms with Crippen molar-refractivity contribution in [3.63, 3.8) is 0 Å². The van der Waals surface area contributed by atoms with E-state index >= 15 is 0 Å². The first kappa shape index (κ1) is 21.5. The third-order valence-corrected chi connectivity index (χ3v) is 4.34. The standard InChI is InChI=1S/C21H28N2O5/c1-6-10-27-17-9-7-8-16(13-17)19-18(20(24)28-12-11-26-5)15(4)23(14(2)3)21(25)22-19/h6-9,13-14,19H,1,10-12H2,2-5H3,(H,22,25)/t19-/m0/s1. The van der Waals surface area contributed by atoms with E-state index in [1.807, 2.05) is 32.0 Å². The molecule has 1 atom stereocenters. The number of carbonyl (C=O) groups is 2. The first-order valence-electron chi connectivity index (χ1n) is 9.20. The van der Waals surface area contributed by atoms with Gasteiger partial charge in [-0.05, 0) is 38.5 Å². The lowest BCUT2D eigenvalue weighted by atomic mass is 9.94. The van der Waals surface area contributed by atoms with Crippen molar-refractivity contribution < 1.29 is 23.8 Å². The number of ether oxygens (including phenoxy) is 3. The van der Waals surface area contributed by atoms with Gasteiger partial charge in [0.05, 0.1) is 18.2 Å². The molecule has 0 aromatic heterocycles. The number of nitrogens with one attached hydrogen (secondary N) is 1. The Hall–Kier alpha value is -2.80. The van der Waals surface area contributed by atoms with Crippen LogP contribution in [-0.2, 0) is 14.3 Å². The second-order valence-electron chi connectivity index (χ2n) is 6.65. The summed E-state index contributed by atoms with van der Waals surface area (Å²) in [5, 5.41) is 2.92. The molecule has 0 unspecified atom stereocenters. The maximum Gasteiger partial charge on any atom is 0.338 e. The number of rotatable bonds is 9. The summed E-state index contributed by atoms with van der Waals surface area (Å²) in [5.41, 5.74) is 1.70. The van der Waals surface area contributed by atoms with Crippen LogP contribution in [-0.4, -0.2) is 49.9 Å². The van der Waals surface area contributed by atoms with Crippen molar-refractivity contribution >= 4 is 12.0 Å². The van der Waals surface area contributed by atoms with Gasteiger partial charge in [0, 0.05) is 18.8 Å². The molecule has 0 fully saturated rings. The zero-order valence-corrected chi connectivity index (χ0v) is 16.9. The fraction of sp³-hybridized carbons (Fsp3) is 0.429. The highest BCUT2D eigenvalue weighted by molar-refractivity contribution is 5.95. The van der Waals surface area contributed by atoms with Crippen LogP contribution in [0.3, 0.4) is 0 Å². The molecule has 1 N–H and O–H groups in total. The molecule has 7 heteroatoms. The number of carbonyl (C=O) groups excluding carboxylic acids is 2. The highest BCUT2D eigenvalue weighted by atomic mass is 16.6. The molecule has 1 aromatic carbocycles. The molecule has 0 spiro atoms. The molecule has 1 aliphatic heterocycles. The minimum absolute atomic E-state index is 0.106. The Morgan fingerprint density at radius 1 is 1.36 bits per heavy atom. The van der Waals surface area contributed by atoms with Gasteiger partial charge in [-0.3, -0.25) is 4.90 Å². The average Bonchev–Trinajstić information content (AvgIpc) is 2.66. The molecular weight excluding hydrogens is 360 g/mol. The van der Waals surface area contributed by atoms with E-state index in [2.05, 4.69) is 11.9 Å². The molecule has 0 aliphatic carbocycles. The van der Waals surface area contributed by atoms with Crippen LogP contribution in [0.1, 0.15) is 32.4 Å². The van der Waals surface area contributed by atoms with Gasteiger partial charge in [0.2, 0.25) is 0 Å². The summed E-state index contributed by atoms with van der Waals surface area (Å²) in [5.74, 6) is 0.144. The predicted octanol–water partition coefficient (Wildman–Crippen LogP) is 3.19. The second-order valence-corrected chi connectivity index (χ2v) is 6.65. The van der Waals surface area contributed by atoms with E-state index in [9.17, 15) is 9.59 Å². The van der Waals surface area contributed by atoms with E-state index in [1.165, 1.54) is 7.11 Å². The van der Waals surface area contributed by atoms with Gasteiger partial charge in [-0.25, -0.2) is 9.59 Å². The van der Waals surface area contributed by atoms with Gasteiger partial charge in [0.25, 0.3) is 0 Å². The van der Waals surface area contributed by atoms with Crippen molar-refractivity contribution in [1.82, 2.24) is 10.2 Å². The van der Waals surface area contributed by atoms with Crippen molar-refractivity contribution in [3.8, 4) is 5.75 Å². The van der Waals surface area contributed by atoms with Crippen molar-refractivity contribution in [2.75, 3.05) is 26.9 Å². The Kier molecular flexibility index (Phi) is 7.63. The SMILES string of the molecule is C=CCOc1cccc([C@@H]2NC(=O)N(C(C)C)C(C)=C2C(=O)OCCOC)c1. The number of nitrogens with zero attached hydrogens (tertiary/aromatic N) is 1. The largest absolute Gasteiger partial charge is 0.490 e. The Balaban J connectivity index is 2.43. The van der Waals surface area contributed by atoms with E-state index in [-0.39, 0.29) is 18.7 Å². The summed E-state index contributed by atoms with van der Waals surface area (Å²) in [4.78, 5) is 27.1. The average molecular weight is 388 g/mol. The Morgan fingerprint density at radius 2 is 2.11 bits per heavy atom. The molecule has 1 aromatic rings. The van der Waals surface area contributed by atoms with Gasteiger partial charge in [0.1, 0.15) is 19.0 Å². The van der Waals surface area contributed by atoms with E-state index in [4.69, 9.17) is 14.2 Å². The Labute approximate surface area is 165 Å². The van der Waals surface area contributed by atoms with E-state index in [1.54, 1.807) is 24.0 Å². The van der Waals surface area contributed by atoms with Gasteiger partial charge in [-0.1, -0.05) is 24.8 Å². The van der Waals surface area contributed by atoms with E-state index < -0.39 is 12.0 Å².